The van der Waals surface area contributed by atoms with Gasteiger partial charge in [-0.15, -0.1) is 0 Å². The molecule has 0 saturated carbocycles. The molecule has 288 valence electrons. The molecule has 48 heavy (non-hydrogen) atoms. The van der Waals surface area contributed by atoms with E-state index in [1.54, 1.807) is 0 Å². The Bertz CT molecular complexity index is 612. The summed E-state index contributed by atoms with van der Waals surface area (Å²) >= 11 is 0. The third kappa shape index (κ3) is 36.7. The zero-order valence-electron chi connectivity index (χ0n) is 33.0. The van der Waals surface area contributed by atoms with Crippen molar-refractivity contribution in [2.24, 2.45) is 0 Å². The summed E-state index contributed by atoms with van der Waals surface area (Å²) in [4.78, 5) is 12.4. The summed E-state index contributed by atoms with van der Waals surface area (Å²) < 4.78 is 0. The number of aliphatic hydroxyl groups excluding tert-OH is 2. The van der Waals surface area contributed by atoms with E-state index in [4.69, 9.17) is 0 Å². The maximum atomic E-state index is 12.4. The molecule has 0 bridgehead atoms. The molecule has 0 aromatic heterocycles. The Morgan fingerprint density at radius 1 is 0.417 bits per heavy atom. The van der Waals surface area contributed by atoms with Crippen molar-refractivity contribution in [1.82, 2.24) is 5.32 Å². The fourth-order valence-electron chi connectivity index (χ4n) is 7.19. The van der Waals surface area contributed by atoms with Crippen molar-refractivity contribution in [3.05, 3.63) is 0 Å². The first-order valence-corrected chi connectivity index (χ1v) is 22.2. The van der Waals surface area contributed by atoms with Gasteiger partial charge in [0.05, 0.1) is 18.8 Å². The second kappa shape index (κ2) is 40.8. The van der Waals surface area contributed by atoms with Crippen molar-refractivity contribution in [2.75, 3.05) is 6.61 Å². The van der Waals surface area contributed by atoms with Gasteiger partial charge in [-0.1, -0.05) is 239 Å². The Morgan fingerprint density at radius 3 is 0.938 bits per heavy atom. The van der Waals surface area contributed by atoms with Gasteiger partial charge in [-0.25, -0.2) is 0 Å². The standard InChI is InChI=1S/C44H89NO3/c1-3-5-7-9-11-13-15-17-18-19-20-21-22-23-24-25-26-27-28-30-32-34-36-38-40-44(48)45-42(41-46)43(47)39-37-35-33-31-29-16-14-12-10-8-6-4-2/h42-43,46-47H,3-41H2,1-2H3,(H,45,48). The molecule has 0 aliphatic heterocycles. The quantitative estimate of drug-likeness (QED) is 0.0563. The SMILES string of the molecule is CCCCCCCCCCCCCCCCCCCCCCCCCCC(=O)NC(CO)C(O)CCCCCCCCCCCCCC. The van der Waals surface area contributed by atoms with Crippen LogP contribution in [0.1, 0.15) is 258 Å². The van der Waals surface area contributed by atoms with Gasteiger partial charge in [-0.2, -0.15) is 0 Å². The fraction of sp³-hybridized carbons (Fsp3) is 0.977. The van der Waals surface area contributed by atoms with E-state index in [9.17, 15) is 15.0 Å². The van der Waals surface area contributed by atoms with E-state index in [-0.39, 0.29) is 12.5 Å². The lowest BCUT2D eigenvalue weighted by Gasteiger charge is -2.22. The lowest BCUT2D eigenvalue weighted by atomic mass is 10.0. The normalized spacial score (nSPS) is 12.8. The lowest BCUT2D eigenvalue weighted by molar-refractivity contribution is -0.123. The second-order valence-corrected chi connectivity index (χ2v) is 15.5. The largest absolute Gasteiger partial charge is 0.394 e. The third-order valence-corrected chi connectivity index (χ3v) is 10.6. The zero-order valence-corrected chi connectivity index (χ0v) is 33.0. The molecule has 4 nitrogen and oxygen atoms in total. The van der Waals surface area contributed by atoms with Crippen LogP contribution in [0.4, 0.5) is 0 Å². The Labute approximate surface area is 302 Å². The van der Waals surface area contributed by atoms with Gasteiger partial charge < -0.3 is 15.5 Å². The molecule has 4 heteroatoms. The smallest absolute Gasteiger partial charge is 0.220 e. The molecule has 2 atom stereocenters. The Morgan fingerprint density at radius 2 is 0.667 bits per heavy atom. The van der Waals surface area contributed by atoms with Crippen LogP contribution in [0.2, 0.25) is 0 Å². The highest BCUT2D eigenvalue weighted by Crippen LogP contribution is 2.17. The molecule has 0 aliphatic rings. The van der Waals surface area contributed by atoms with Crippen LogP contribution in [0.25, 0.3) is 0 Å². The van der Waals surface area contributed by atoms with Crippen LogP contribution < -0.4 is 5.32 Å². The molecule has 0 rings (SSSR count). The molecule has 2 unspecified atom stereocenters. The number of hydrogen-bond donors (Lipinski definition) is 3. The predicted octanol–water partition coefficient (Wildman–Crippen LogP) is 13.7. The van der Waals surface area contributed by atoms with Gasteiger partial charge in [0.25, 0.3) is 0 Å². The van der Waals surface area contributed by atoms with Crippen molar-refractivity contribution in [1.29, 1.82) is 0 Å². The Kier molecular flexibility index (Phi) is 40.3. The van der Waals surface area contributed by atoms with Crippen LogP contribution in [-0.4, -0.2) is 34.9 Å². The number of carbonyl (C=O) groups is 1. The van der Waals surface area contributed by atoms with E-state index in [2.05, 4.69) is 19.2 Å². The molecular formula is C44H89NO3. The maximum absolute atomic E-state index is 12.4. The first-order valence-electron chi connectivity index (χ1n) is 22.2. The lowest BCUT2D eigenvalue weighted by Crippen LogP contribution is -2.45. The minimum Gasteiger partial charge on any atom is -0.394 e. The number of aliphatic hydroxyl groups is 2. The van der Waals surface area contributed by atoms with Crippen molar-refractivity contribution < 1.29 is 15.0 Å². The van der Waals surface area contributed by atoms with Crippen molar-refractivity contribution in [3.63, 3.8) is 0 Å². The zero-order chi connectivity index (χ0) is 35.0. The van der Waals surface area contributed by atoms with Crippen LogP contribution in [0.15, 0.2) is 0 Å². The van der Waals surface area contributed by atoms with E-state index in [0.29, 0.717) is 12.8 Å². The molecule has 0 spiro atoms. The second-order valence-electron chi connectivity index (χ2n) is 15.5. The van der Waals surface area contributed by atoms with Crippen LogP contribution in [0.3, 0.4) is 0 Å². The average Bonchev–Trinajstić information content (AvgIpc) is 3.09. The van der Waals surface area contributed by atoms with E-state index in [1.165, 1.54) is 205 Å². The number of nitrogens with one attached hydrogen (secondary N) is 1. The first kappa shape index (κ1) is 47.4. The third-order valence-electron chi connectivity index (χ3n) is 10.6. The van der Waals surface area contributed by atoms with E-state index >= 15 is 0 Å². The van der Waals surface area contributed by atoms with Gasteiger partial charge in [-0.05, 0) is 12.8 Å². The Hall–Kier alpha value is -0.610. The number of unbranched alkanes of at least 4 members (excludes halogenated alkanes) is 34. The van der Waals surface area contributed by atoms with Crippen molar-refractivity contribution in [2.45, 2.75) is 270 Å². The summed E-state index contributed by atoms with van der Waals surface area (Å²) in [7, 11) is 0. The summed E-state index contributed by atoms with van der Waals surface area (Å²) in [6, 6.07) is -0.528. The topological polar surface area (TPSA) is 69.6 Å². The van der Waals surface area contributed by atoms with Gasteiger partial charge in [0, 0.05) is 6.42 Å². The molecule has 3 N–H and O–H groups in total. The van der Waals surface area contributed by atoms with Gasteiger partial charge in [0.1, 0.15) is 0 Å². The van der Waals surface area contributed by atoms with E-state index in [0.717, 1.165) is 25.7 Å². The molecular weight excluding hydrogens is 590 g/mol. The molecule has 0 aliphatic carbocycles. The van der Waals surface area contributed by atoms with Gasteiger partial charge in [-0.3, -0.25) is 4.79 Å². The van der Waals surface area contributed by atoms with E-state index < -0.39 is 12.1 Å². The minimum atomic E-state index is -0.652. The average molecular weight is 680 g/mol. The van der Waals surface area contributed by atoms with Crippen LogP contribution in [0.5, 0.6) is 0 Å². The summed E-state index contributed by atoms with van der Waals surface area (Å²) in [6.07, 6.45) is 49.0. The Balaban J connectivity index is 3.42. The van der Waals surface area contributed by atoms with Gasteiger partial charge >= 0.3 is 0 Å². The van der Waals surface area contributed by atoms with Crippen LogP contribution >= 0.6 is 0 Å². The summed E-state index contributed by atoms with van der Waals surface area (Å²) in [5, 5.41) is 23.1. The highest BCUT2D eigenvalue weighted by molar-refractivity contribution is 5.76. The fourth-order valence-corrected chi connectivity index (χ4v) is 7.19. The summed E-state index contributed by atoms with van der Waals surface area (Å²) in [5.41, 5.74) is 0. The molecule has 1 amide bonds. The number of rotatable bonds is 41. The summed E-state index contributed by atoms with van der Waals surface area (Å²) in [5.74, 6) is -0.0263. The van der Waals surface area contributed by atoms with E-state index in [1.807, 2.05) is 0 Å². The maximum Gasteiger partial charge on any atom is 0.220 e. The summed E-state index contributed by atoms with van der Waals surface area (Å²) in [6.45, 7) is 4.37. The highest BCUT2D eigenvalue weighted by atomic mass is 16.3. The predicted molar refractivity (Wildman–Crippen MR) is 212 cm³/mol. The molecule has 0 radical (unpaired) electrons. The molecule has 0 aromatic rings. The van der Waals surface area contributed by atoms with Crippen LogP contribution in [-0.2, 0) is 4.79 Å². The number of amides is 1. The van der Waals surface area contributed by atoms with Crippen LogP contribution in [0, 0.1) is 0 Å². The van der Waals surface area contributed by atoms with Crippen molar-refractivity contribution in [3.8, 4) is 0 Å². The number of carbonyl (C=O) groups excluding carboxylic acids is 1. The van der Waals surface area contributed by atoms with Gasteiger partial charge in [0.15, 0.2) is 0 Å². The molecule has 0 saturated heterocycles. The monoisotopic (exact) mass is 680 g/mol. The molecule has 0 fully saturated rings. The molecule has 0 aromatic carbocycles. The number of hydrogen-bond acceptors (Lipinski definition) is 3. The molecule has 0 heterocycles. The first-order chi connectivity index (χ1) is 23.7. The highest BCUT2D eigenvalue weighted by Gasteiger charge is 2.20. The minimum absolute atomic E-state index is 0.0263. The van der Waals surface area contributed by atoms with Gasteiger partial charge in [0.2, 0.25) is 5.91 Å². The van der Waals surface area contributed by atoms with Crippen molar-refractivity contribution >= 4 is 5.91 Å².